The Bertz CT molecular complexity index is 199. The molecule has 1 heterocycles. The molecule has 37 valence electrons. The van der Waals surface area contributed by atoms with Crippen molar-refractivity contribution in [2.45, 2.75) is 0 Å². The molecule has 0 aliphatic carbocycles. The zero-order valence-corrected chi connectivity index (χ0v) is 4.42. The molecule has 0 bridgehead atoms. The van der Waals surface area contributed by atoms with E-state index in [4.69, 9.17) is 0 Å². The lowest BCUT2D eigenvalue weighted by Gasteiger charge is -1.62. The van der Waals surface area contributed by atoms with Crippen LogP contribution in [-0.4, -0.2) is 4.98 Å². The van der Waals surface area contributed by atoms with Gasteiger partial charge >= 0.3 is 4.87 Å². The van der Waals surface area contributed by atoms with Crippen molar-refractivity contribution in [1.82, 2.24) is 4.98 Å². The van der Waals surface area contributed by atoms with E-state index < -0.39 is 0 Å². The van der Waals surface area contributed by atoms with Crippen LogP contribution < -0.4 is 4.87 Å². The quantitative estimate of drug-likeness (QED) is 0.527. The smallest absolute Gasteiger partial charge is 0.304 e. The number of rotatable bonds is 0. The Labute approximate surface area is 44.8 Å². The Morgan fingerprint density at radius 3 is 2.71 bits per heavy atom. The maximum absolute atomic E-state index is 10.2. The Balaban J connectivity index is 3.30. The summed E-state index contributed by atoms with van der Waals surface area (Å²) in [5.41, 5.74) is 0. The van der Waals surface area contributed by atoms with Crippen molar-refractivity contribution in [3.05, 3.63) is 27.7 Å². The van der Waals surface area contributed by atoms with E-state index in [1.807, 2.05) is 0 Å². The molecule has 0 unspecified atom stereocenters. The van der Waals surface area contributed by atoms with E-state index in [2.05, 4.69) is 11.9 Å². The summed E-state index contributed by atoms with van der Waals surface area (Å²) in [6.45, 7) is 3.53. The molecule has 1 aromatic heterocycles. The average molecular weight is 114 g/mol. The molecule has 1 rings (SSSR count). The Morgan fingerprint density at radius 1 is 1.86 bits per heavy atom. The van der Waals surface area contributed by atoms with Gasteiger partial charge in [0.2, 0.25) is 0 Å². The average Bonchev–Trinajstić information content (AvgIpc) is 1.87. The molecule has 0 saturated carbocycles. The predicted octanol–water partition coefficient (Wildman–Crippen LogP) is 0.619. The highest BCUT2D eigenvalue weighted by molar-refractivity contribution is 7.09. The summed E-state index contributed by atoms with van der Waals surface area (Å²) < 4.78 is 0. The molecule has 0 spiro atoms. The van der Waals surface area contributed by atoms with Crippen LogP contribution in [-0.2, 0) is 0 Å². The Kier molecular flexibility index (Phi) is 0.982. The fourth-order valence-electron chi connectivity index (χ4n) is 0.317. The van der Waals surface area contributed by atoms with Gasteiger partial charge in [-0.2, -0.15) is 0 Å². The zero-order valence-electron chi connectivity index (χ0n) is 3.60. The van der Waals surface area contributed by atoms with Crippen LogP contribution in [0.15, 0.2) is 11.0 Å². The first-order valence-corrected chi connectivity index (χ1v) is 2.61. The summed E-state index contributed by atoms with van der Waals surface area (Å²) in [4.78, 5) is 13.4. The highest BCUT2D eigenvalue weighted by Gasteiger charge is 1.84. The second kappa shape index (κ2) is 1.50. The van der Waals surface area contributed by atoms with Crippen molar-refractivity contribution in [1.29, 1.82) is 0 Å². The van der Waals surface area contributed by atoms with Crippen LogP contribution in [0.3, 0.4) is 0 Å². The van der Waals surface area contributed by atoms with Crippen molar-refractivity contribution in [3.63, 3.8) is 0 Å². The van der Waals surface area contributed by atoms with E-state index in [1.165, 1.54) is 0 Å². The van der Waals surface area contributed by atoms with Gasteiger partial charge in [0.15, 0.2) is 0 Å². The number of hydrogen-bond acceptors (Lipinski definition) is 2. The Hall–Kier alpha value is -0.570. The van der Waals surface area contributed by atoms with Crippen molar-refractivity contribution in [2.75, 3.05) is 0 Å². The van der Waals surface area contributed by atoms with Crippen LogP contribution in [0.2, 0.25) is 0 Å². The largest absolute Gasteiger partial charge is 0.319 e. The molecule has 1 aromatic rings. The van der Waals surface area contributed by atoms with Crippen LogP contribution in [0.4, 0.5) is 0 Å². The molecule has 1 radical (unpaired) electrons. The van der Waals surface area contributed by atoms with E-state index in [0.29, 0.717) is 0 Å². The molecule has 0 aromatic carbocycles. The summed E-state index contributed by atoms with van der Waals surface area (Å²) >= 11 is 1.12. The lowest BCUT2D eigenvalue weighted by molar-refractivity contribution is 1.34. The number of aromatic nitrogens is 1. The maximum atomic E-state index is 10.2. The summed E-state index contributed by atoms with van der Waals surface area (Å²) in [5, 5.41) is 0. The molecule has 0 saturated heterocycles. The molecule has 1 N–H and O–H groups in total. The van der Waals surface area contributed by atoms with Gasteiger partial charge in [0.1, 0.15) is 0 Å². The first-order chi connectivity index (χ1) is 3.29. The van der Waals surface area contributed by atoms with Gasteiger partial charge < -0.3 is 4.98 Å². The summed E-state index contributed by atoms with van der Waals surface area (Å²) in [6.07, 6.45) is 1.59. The molecule has 0 aliphatic rings. The van der Waals surface area contributed by atoms with Crippen LogP contribution in [0.1, 0.15) is 4.88 Å². The Morgan fingerprint density at radius 2 is 2.57 bits per heavy atom. The van der Waals surface area contributed by atoms with Crippen LogP contribution >= 0.6 is 11.3 Å². The number of hydrogen-bond donors (Lipinski definition) is 1. The van der Waals surface area contributed by atoms with Crippen LogP contribution in [0, 0.1) is 6.92 Å². The molecule has 3 heteroatoms. The molecule has 2 nitrogen and oxygen atoms in total. The first kappa shape index (κ1) is 4.59. The van der Waals surface area contributed by atoms with Gasteiger partial charge in [-0.15, -0.1) is 0 Å². The number of thiazole rings is 1. The third-order valence-electron chi connectivity index (χ3n) is 0.575. The monoisotopic (exact) mass is 114 g/mol. The van der Waals surface area contributed by atoms with Crippen molar-refractivity contribution < 1.29 is 0 Å². The van der Waals surface area contributed by atoms with Gasteiger partial charge in [0, 0.05) is 11.1 Å². The molecule has 0 atom stereocenters. The maximum Gasteiger partial charge on any atom is 0.304 e. The fourth-order valence-corrected chi connectivity index (χ4v) is 0.791. The minimum absolute atomic E-state index is 0.0370. The van der Waals surface area contributed by atoms with Gasteiger partial charge in [0.05, 0.1) is 0 Å². The SMILES string of the molecule is [CH2]c1c[nH]c(=O)s1. The van der Waals surface area contributed by atoms with E-state index in [1.54, 1.807) is 6.20 Å². The van der Waals surface area contributed by atoms with Gasteiger partial charge in [-0.1, -0.05) is 11.3 Å². The topological polar surface area (TPSA) is 32.9 Å². The van der Waals surface area contributed by atoms with Crippen molar-refractivity contribution >= 4 is 11.3 Å². The highest BCUT2D eigenvalue weighted by atomic mass is 32.1. The second-order valence-corrected chi connectivity index (χ2v) is 2.24. The normalized spacial score (nSPS) is 9.29. The predicted molar refractivity (Wildman–Crippen MR) is 29.4 cm³/mol. The lowest BCUT2D eigenvalue weighted by atomic mass is 10.7. The minimum atomic E-state index is -0.0370. The third-order valence-corrected chi connectivity index (χ3v) is 1.26. The molecular formula is C4H4NOS. The minimum Gasteiger partial charge on any atom is -0.319 e. The van der Waals surface area contributed by atoms with E-state index in [-0.39, 0.29) is 4.87 Å². The molecule has 0 aliphatic heterocycles. The molecular weight excluding hydrogens is 110 g/mol. The number of nitrogens with one attached hydrogen (secondary N) is 1. The summed E-state index contributed by atoms with van der Waals surface area (Å²) in [6, 6.07) is 0. The summed E-state index contributed by atoms with van der Waals surface area (Å²) in [5.74, 6) is 0. The van der Waals surface area contributed by atoms with E-state index in [9.17, 15) is 4.79 Å². The van der Waals surface area contributed by atoms with Crippen LogP contribution in [0.5, 0.6) is 0 Å². The first-order valence-electron chi connectivity index (χ1n) is 1.79. The van der Waals surface area contributed by atoms with Gasteiger partial charge in [0.25, 0.3) is 0 Å². The van der Waals surface area contributed by atoms with Gasteiger partial charge in [-0.05, 0) is 6.92 Å². The summed E-state index contributed by atoms with van der Waals surface area (Å²) in [7, 11) is 0. The second-order valence-electron chi connectivity index (χ2n) is 1.14. The zero-order chi connectivity index (χ0) is 5.28. The molecule has 0 fully saturated rings. The fraction of sp³-hybridized carbons (Fsp3) is 0. The van der Waals surface area contributed by atoms with Crippen molar-refractivity contribution in [2.24, 2.45) is 0 Å². The van der Waals surface area contributed by atoms with Gasteiger partial charge in [-0.25, -0.2) is 0 Å². The molecule has 7 heavy (non-hydrogen) atoms. The highest BCUT2D eigenvalue weighted by Crippen LogP contribution is 1.93. The van der Waals surface area contributed by atoms with E-state index >= 15 is 0 Å². The van der Waals surface area contributed by atoms with Crippen LogP contribution in [0.25, 0.3) is 0 Å². The number of H-pyrrole nitrogens is 1. The lowest BCUT2D eigenvalue weighted by Crippen LogP contribution is -1.88. The number of aromatic amines is 1. The molecule has 0 amide bonds. The van der Waals surface area contributed by atoms with Gasteiger partial charge in [-0.3, -0.25) is 4.79 Å². The third kappa shape index (κ3) is 0.899. The van der Waals surface area contributed by atoms with Crippen molar-refractivity contribution in [3.8, 4) is 0 Å². The van der Waals surface area contributed by atoms with E-state index in [0.717, 1.165) is 16.2 Å². The standard InChI is InChI=1S/C4H4NOS/c1-3-2-5-4(6)7-3/h2H,1H2,(H,5,6).